The van der Waals surface area contributed by atoms with Crippen molar-refractivity contribution in [2.75, 3.05) is 11.1 Å². The van der Waals surface area contributed by atoms with Gasteiger partial charge in [-0.3, -0.25) is 9.89 Å². The first-order valence-electron chi connectivity index (χ1n) is 6.42. The summed E-state index contributed by atoms with van der Waals surface area (Å²) in [7, 11) is 0. The van der Waals surface area contributed by atoms with Crippen molar-refractivity contribution in [2.24, 2.45) is 0 Å². The van der Waals surface area contributed by atoms with Crippen LogP contribution in [-0.2, 0) is 0 Å². The normalized spacial score (nSPS) is 11.0. The van der Waals surface area contributed by atoms with Gasteiger partial charge in [-0.25, -0.2) is 0 Å². The standard InChI is InChI=1S/C14H16BrClN4O/c1-6(2)12-11(17)13(20-19-12)14(21)18-10-5-9(16)7(3)4-8(10)15/h4-6H,17H2,1-3H3,(H,18,21)(H,19,20). The number of nitrogens with one attached hydrogen (secondary N) is 2. The van der Waals surface area contributed by atoms with Crippen LogP contribution in [0.1, 0.15) is 41.5 Å². The molecule has 0 saturated heterocycles. The second-order valence-electron chi connectivity index (χ2n) is 5.09. The van der Waals surface area contributed by atoms with Crippen LogP contribution in [0.2, 0.25) is 5.02 Å². The van der Waals surface area contributed by atoms with Crippen molar-refractivity contribution in [3.05, 3.63) is 38.6 Å². The molecule has 0 bridgehead atoms. The van der Waals surface area contributed by atoms with Gasteiger partial charge in [0.2, 0.25) is 0 Å². The van der Waals surface area contributed by atoms with Crippen LogP contribution in [0.5, 0.6) is 0 Å². The number of hydrogen-bond donors (Lipinski definition) is 3. The fourth-order valence-electron chi connectivity index (χ4n) is 1.90. The number of rotatable bonds is 3. The van der Waals surface area contributed by atoms with Crippen molar-refractivity contribution in [3.63, 3.8) is 0 Å². The van der Waals surface area contributed by atoms with Crippen molar-refractivity contribution >= 4 is 44.8 Å². The van der Waals surface area contributed by atoms with Gasteiger partial charge >= 0.3 is 0 Å². The molecule has 2 rings (SSSR count). The number of nitrogen functional groups attached to an aromatic ring is 1. The summed E-state index contributed by atoms with van der Waals surface area (Å²) in [5.41, 5.74) is 8.76. The highest BCUT2D eigenvalue weighted by atomic mass is 79.9. The summed E-state index contributed by atoms with van der Waals surface area (Å²) < 4.78 is 0.746. The Morgan fingerprint density at radius 2 is 2.14 bits per heavy atom. The predicted molar refractivity (Wildman–Crippen MR) is 88.9 cm³/mol. The molecule has 4 N–H and O–H groups in total. The molecule has 112 valence electrons. The number of nitrogens with two attached hydrogens (primary N) is 1. The van der Waals surface area contributed by atoms with Gasteiger partial charge in [0.15, 0.2) is 5.69 Å². The summed E-state index contributed by atoms with van der Waals surface area (Å²) in [6.07, 6.45) is 0. The third kappa shape index (κ3) is 3.22. The topological polar surface area (TPSA) is 83.8 Å². The van der Waals surface area contributed by atoms with E-state index in [0.717, 1.165) is 15.7 Å². The second kappa shape index (κ2) is 6.07. The van der Waals surface area contributed by atoms with Crippen LogP contribution in [0.4, 0.5) is 11.4 Å². The Bertz CT molecular complexity index is 697. The van der Waals surface area contributed by atoms with Crippen molar-refractivity contribution in [1.29, 1.82) is 0 Å². The Labute approximate surface area is 136 Å². The molecule has 0 aliphatic rings. The Morgan fingerprint density at radius 1 is 1.48 bits per heavy atom. The molecule has 21 heavy (non-hydrogen) atoms. The van der Waals surface area contributed by atoms with E-state index in [1.54, 1.807) is 6.07 Å². The van der Waals surface area contributed by atoms with Crippen molar-refractivity contribution in [2.45, 2.75) is 26.7 Å². The molecule has 0 fully saturated rings. The number of amides is 1. The molecular formula is C14H16BrClN4O. The van der Waals surface area contributed by atoms with E-state index < -0.39 is 0 Å². The van der Waals surface area contributed by atoms with Gasteiger partial charge < -0.3 is 11.1 Å². The highest BCUT2D eigenvalue weighted by molar-refractivity contribution is 9.10. The third-order valence-corrected chi connectivity index (χ3v) is 4.19. The summed E-state index contributed by atoms with van der Waals surface area (Å²) in [6, 6.07) is 3.52. The molecule has 1 aromatic heterocycles. The number of aryl methyl sites for hydroxylation is 1. The molecule has 0 radical (unpaired) electrons. The first-order valence-corrected chi connectivity index (χ1v) is 7.59. The molecule has 1 aromatic carbocycles. The van der Waals surface area contributed by atoms with E-state index in [-0.39, 0.29) is 17.5 Å². The van der Waals surface area contributed by atoms with E-state index in [1.165, 1.54) is 0 Å². The lowest BCUT2D eigenvalue weighted by molar-refractivity contribution is 0.102. The number of H-pyrrole nitrogens is 1. The van der Waals surface area contributed by atoms with Crippen molar-refractivity contribution in [1.82, 2.24) is 10.2 Å². The average Bonchev–Trinajstić information content (AvgIpc) is 2.78. The monoisotopic (exact) mass is 370 g/mol. The number of hydrogen-bond acceptors (Lipinski definition) is 3. The van der Waals surface area contributed by atoms with Gasteiger partial charge in [0.25, 0.3) is 5.91 Å². The Hall–Kier alpha value is -1.53. The first kappa shape index (κ1) is 15.9. The number of nitrogens with zero attached hydrogens (tertiary/aromatic N) is 1. The third-order valence-electron chi connectivity index (χ3n) is 3.12. The minimum absolute atomic E-state index is 0.166. The summed E-state index contributed by atoms with van der Waals surface area (Å²) in [5.74, 6) is -0.212. The molecule has 0 unspecified atom stereocenters. The maximum absolute atomic E-state index is 12.3. The smallest absolute Gasteiger partial charge is 0.278 e. The highest BCUT2D eigenvalue weighted by Gasteiger charge is 2.19. The van der Waals surface area contributed by atoms with Gasteiger partial charge in [-0.1, -0.05) is 25.4 Å². The number of benzene rings is 1. The molecule has 7 heteroatoms. The molecule has 0 atom stereocenters. The lowest BCUT2D eigenvalue weighted by Crippen LogP contribution is -2.15. The van der Waals surface area contributed by atoms with Crippen LogP contribution >= 0.6 is 27.5 Å². The summed E-state index contributed by atoms with van der Waals surface area (Å²) in [4.78, 5) is 12.3. The zero-order chi connectivity index (χ0) is 15.7. The van der Waals surface area contributed by atoms with E-state index in [1.807, 2.05) is 26.8 Å². The average molecular weight is 372 g/mol. The zero-order valence-corrected chi connectivity index (χ0v) is 14.3. The first-order chi connectivity index (χ1) is 9.81. The SMILES string of the molecule is Cc1cc(Br)c(NC(=O)c2n[nH]c(C(C)C)c2N)cc1Cl. The lowest BCUT2D eigenvalue weighted by Gasteiger charge is -2.09. The van der Waals surface area contributed by atoms with Gasteiger partial charge in [0.05, 0.1) is 17.1 Å². The number of anilines is 2. The number of carbonyl (C=O) groups excluding carboxylic acids is 1. The maximum Gasteiger partial charge on any atom is 0.278 e. The van der Waals surface area contributed by atoms with Crippen LogP contribution in [0.25, 0.3) is 0 Å². The number of aromatic amines is 1. The van der Waals surface area contributed by atoms with Crippen LogP contribution in [0, 0.1) is 6.92 Å². The maximum atomic E-state index is 12.3. The number of halogens is 2. The van der Waals surface area contributed by atoms with Gasteiger partial charge in [-0.2, -0.15) is 5.10 Å². The van der Waals surface area contributed by atoms with Crippen molar-refractivity contribution in [3.8, 4) is 0 Å². The molecule has 1 heterocycles. The molecule has 0 aliphatic carbocycles. The molecule has 5 nitrogen and oxygen atoms in total. The van der Waals surface area contributed by atoms with E-state index in [4.69, 9.17) is 17.3 Å². The van der Waals surface area contributed by atoms with Crippen LogP contribution in [-0.4, -0.2) is 16.1 Å². The van der Waals surface area contributed by atoms with E-state index >= 15 is 0 Å². The van der Waals surface area contributed by atoms with Gasteiger partial charge in [0, 0.05) is 9.50 Å². The fraction of sp³-hybridized carbons (Fsp3) is 0.286. The van der Waals surface area contributed by atoms with Crippen LogP contribution in [0.3, 0.4) is 0 Å². The Kier molecular flexibility index (Phi) is 4.58. The molecule has 0 aliphatic heterocycles. The quantitative estimate of drug-likeness (QED) is 0.759. The van der Waals surface area contributed by atoms with Gasteiger partial charge in [0.1, 0.15) is 0 Å². The highest BCUT2D eigenvalue weighted by Crippen LogP contribution is 2.30. The zero-order valence-electron chi connectivity index (χ0n) is 11.9. The van der Waals surface area contributed by atoms with Crippen LogP contribution < -0.4 is 11.1 Å². The molecule has 0 spiro atoms. The van der Waals surface area contributed by atoms with E-state index in [9.17, 15) is 4.79 Å². The molecule has 0 saturated carbocycles. The summed E-state index contributed by atoms with van der Waals surface area (Å²) in [5, 5.41) is 10.1. The summed E-state index contributed by atoms with van der Waals surface area (Å²) >= 11 is 9.47. The van der Waals surface area contributed by atoms with Crippen LogP contribution in [0.15, 0.2) is 16.6 Å². The molecule has 1 amide bonds. The molecular weight excluding hydrogens is 356 g/mol. The Morgan fingerprint density at radius 3 is 2.71 bits per heavy atom. The van der Waals surface area contributed by atoms with Crippen molar-refractivity contribution < 1.29 is 4.79 Å². The number of aromatic nitrogens is 2. The second-order valence-corrected chi connectivity index (χ2v) is 6.35. The Balaban J connectivity index is 2.29. The summed E-state index contributed by atoms with van der Waals surface area (Å²) in [6.45, 7) is 5.84. The fourth-order valence-corrected chi connectivity index (χ4v) is 2.62. The minimum atomic E-state index is -0.378. The largest absolute Gasteiger partial charge is 0.395 e. The number of carbonyl (C=O) groups is 1. The lowest BCUT2D eigenvalue weighted by atomic mass is 10.1. The predicted octanol–water partition coefficient (Wildman–Crippen LogP) is 4.09. The van der Waals surface area contributed by atoms with Gasteiger partial charge in [-0.15, -0.1) is 0 Å². The van der Waals surface area contributed by atoms with E-state index in [2.05, 4.69) is 31.4 Å². The molecule has 2 aromatic rings. The minimum Gasteiger partial charge on any atom is -0.395 e. The van der Waals surface area contributed by atoms with Gasteiger partial charge in [-0.05, 0) is 46.5 Å². The van der Waals surface area contributed by atoms with E-state index in [0.29, 0.717) is 16.4 Å².